The van der Waals surface area contributed by atoms with E-state index in [0.717, 1.165) is 25.1 Å². The van der Waals surface area contributed by atoms with Crippen molar-refractivity contribution < 1.29 is 4.79 Å². The van der Waals surface area contributed by atoms with Crippen molar-refractivity contribution in [2.24, 2.45) is 0 Å². The van der Waals surface area contributed by atoms with Gasteiger partial charge >= 0.3 is 0 Å². The van der Waals surface area contributed by atoms with Crippen molar-refractivity contribution >= 4 is 47.5 Å². The van der Waals surface area contributed by atoms with Gasteiger partial charge in [0.1, 0.15) is 0 Å². The highest BCUT2D eigenvalue weighted by molar-refractivity contribution is 8.19. The fourth-order valence-electron chi connectivity index (χ4n) is 2.45. The van der Waals surface area contributed by atoms with E-state index < -0.39 is 0 Å². The molecule has 6 heteroatoms. The first kappa shape index (κ1) is 16.0. The number of hydrogen-bond donors (Lipinski definition) is 2. The van der Waals surface area contributed by atoms with Gasteiger partial charge in [-0.1, -0.05) is 12.1 Å². The summed E-state index contributed by atoms with van der Waals surface area (Å²) in [5, 5.41) is 6.25. The first-order valence-corrected chi connectivity index (χ1v) is 8.80. The molecule has 2 N–H and O–H groups in total. The zero-order valence-corrected chi connectivity index (χ0v) is 13.6. The number of rotatable bonds is 3. The molecule has 0 aromatic heterocycles. The maximum absolute atomic E-state index is 12.1. The van der Waals surface area contributed by atoms with E-state index >= 15 is 0 Å². The largest absolute Gasteiger partial charge is 0.325 e. The van der Waals surface area contributed by atoms with Crippen LogP contribution in [-0.2, 0) is 4.79 Å². The zero-order chi connectivity index (χ0) is 13.1. The third-order valence-corrected chi connectivity index (χ3v) is 6.53. The maximum Gasteiger partial charge on any atom is 0.241 e. The quantitative estimate of drug-likeness (QED) is 0.892. The van der Waals surface area contributed by atoms with Crippen LogP contribution in [0.1, 0.15) is 23.0 Å². The number of carbonyl (C=O) groups excluding carboxylic acids is 1. The Balaban J connectivity index is 0.00000147. The Morgan fingerprint density at radius 1 is 1.30 bits per heavy atom. The Kier molecular flexibility index (Phi) is 6.08. The lowest BCUT2D eigenvalue weighted by Crippen LogP contribution is -2.35. The number of halogens is 1. The number of hydrogen-bond acceptors (Lipinski definition) is 4. The van der Waals surface area contributed by atoms with E-state index in [1.165, 1.54) is 17.1 Å². The van der Waals surface area contributed by atoms with E-state index in [9.17, 15) is 4.79 Å². The van der Waals surface area contributed by atoms with Gasteiger partial charge in [-0.3, -0.25) is 4.79 Å². The molecule has 2 heterocycles. The first-order chi connectivity index (χ1) is 9.33. The smallest absolute Gasteiger partial charge is 0.241 e. The second kappa shape index (κ2) is 7.59. The van der Waals surface area contributed by atoms with Gasteiger partial charge in [0.15, 0.2) is 0 Å². The van der Waals surface area contributed by atoms with Gasteiger partial charge in [0, 0.05) is 17.2 Å². The number of amides is 1. The van der Waals surface area contributed by atoms with Crippen LogP contribution in [0.15, 0.2) is 24.3 Å². The molecule has 0 aliphatic carbocycles. The SMILES string of the molecule is Cl.O=C(Nc1cccc(C2SCCS2)c1)C1CCCN1. The van der Waals surface area contributed by atoms with Gasteiger partial charge in [0.25, 0.3) is 0 Å². The fraction of sp³-hybridized carbons (Fsp3) is 0.500. The molecule has 2 aliphatic rings. The van der Waals surface area contributed by atoms with Crippen molar-refractivity contribution in [3.05, 3.63) is 29.8 Å². The standard InChI is InChI=1S/C14H18N2OS2.ClH/c17-13(12-5-2-6-15-12)16-11-4-1-3-10(9-11)14-18-7-8-19-14;/h1,3-4,9,12,14-15H,2,5-8H2,(H,16,17);1H. The van der Waals surface area contributed by atoms with Gasteiger partial charge in [0.2, 0.25) is 5.91 Å². The van der Waals surface area contributed by atoms with E-state index in [1.54, 1.807) is 0 Å². The van der Waals surface area contributed by atoms with E-state index in [1.807, 2.05) is 35.7 Å². The van der Waals surface area contributed by atoms with Crippen molar-refractivity contribution in [1.82, 2.24) is 5.32 Å². The fourth-order valence-corrected chi connectivity index (χ4v) is 5.29. The zero-order valence-electron chi connectivity index (χ0n) is 11.1. The lowest BCUT2D eigenvalue weighted by Gasteiger charge is -2.13. The lowest BCUT2D eigenvalue weighted by molar-refractivity contribution is -0.117. The molecule has 1 atom stereocenters. The number of nitrogens with one attached hydrogen (secondary N) is 2. The molecular weight excluding hydrogens is 312 g/mol. The summed E-state index contributed by atoms with van der Waals surface area (Å²) in [6, 6.07) is 8.26. The van der Waals surface area contributed by atoms with Crippen LogP contribution in [0.25, 0.3) is 0 Å². The van der Waals surface area contributed by atoms with E-state index in [4.69, 9.17) is 0 Å². The molecule has 0 bridgehead atoms. The summed E-state index contributed by atoms with van der Waals surface area (Å²) in [5.74, 6) is 2.54. The number of benzene rings is 1. The molecule has 0 spiro atoms. The molecule has 3 nitrogen and oxygen atoms in total. The van der Waals surface area contributed by atoms with Crippen molar-refractivity contribution in [2.75, 3.05) is 23.4 Å². The molecule has 1 aromatic rings. The predicted octanol–water partition coefficient (Wildman–Crippen LogP) is 3.28. The summed E-state index contributed by atoms with van der Waals surface area (Å²) >= 11 is 3.97. The second-order valence-electron chi connectivity index (χ2n) is 4.84. The van der Waals surface area contributed by atoms with Gasteiger partial charge in [-0.05, 0) is 37.1 Å². The highest BCUT2D eigenvalue weighted by atomic mass is 35.5. The molecule has 20 heavy (non-hydrogen) atoms. The molecule has 0 radical (unpaired) electrons. The van der Waals surface area contributed by atoms with Crippen LogP contribution in [0.5, 0.6) is 0 Å². The van der Waals surface area contributed by atoms with Crippen LogP contribution in [-0.4, -0.2) is 30.0 Å². The Labute approximate surface area is 134 Å². The molecule has 3 rings (SSSR count). The van der Waals surface area contributed by atoms with Crippen molar-refractivity contribution in [3.63, 3.8) is 0 Å². The van der Waals surface area contributed by atoms with Crippen LogP contribution in [0, 0.1) is 0 Å². The van der Waals surface area contributed by atoms with Gasteiger partial charge in [-0.25, -0.2) is 0 Å². The minimum Gasteiger partial charge on any atom is -0.325 e. The summed E-state index contributed by atoms with van der Waals surface area (Å²) < 4.78 is 0.529. The Bertz CT molecular complexity index is 460. The third-order valence-electron chi connectivity index (χ3n) is 3.42. The monoisotopic (exact) mass is 330 g/mol. The topological polar surface area (TPSA) is 41.1 Å². The van der Waals surface area contributed by atoms with E-state index in [-0.39, 0.29) is 24.4 Å². The van der Waals surface area contributed by atoms with Crippen LogP contribution in [0.2, 0.25) is 0 Å². The maximum atomic E-state index is 12.1. The normalized spacial score (nSPS) is 22.5. The molecule has 2 fully saturated rings. The molecule has 2 saturated heterocycles. The minimum atomic E-state index is -0.0149. The van der Waals surface area contributed by atoms with Crippen LogP contribution in [0.4, 0.5) is 5.69 Å². The minimum absolute atomic E-state index is 0. The summed E-state index contributed by atoms with van der Waals surface area (Å²) in [5.41, 5.74) is 2.23. The van der Waals surface area contributed by atoms with Crippen LogP contribution in [0.3, 0.4) is 0 Å². The summed E-state index contributed by atoms with van der Waals surface area (Å²) in [6.07, 6.45) is 2.04. The van der Waals surface area contributed by atoms with E-state index in [0.29, 0.717) is 4.58 Å². The molecule has 1 amide bonds. The molecular formula is C14H19ClN2OS2. The van der Waals surface area contributed by atoms with Gasteiger partial charge < -0.3 is 10.6 Å². The van der Waals surface area contributed by atoms with Crippen LogP contribution < -0.4 is 10.6 Å². The van der Waals surface area contributed by atoms with Gasteiger partial charge in [-0.15, -0.1) is 35.9 Å². The Morgan fingerprint density at radius 2 is 2.10 bits per heavy atom. The Morgan fingerprint density at radius 3 is 2.80 bits per heavy atom. The number of carbonyl (C=O) groups is 1. The van der Waals surface area contributed by atoms with Crippen LogP contribution >= 0.6 is 35.9 Å². The summed E-state index contributed by atoms with van der Waals surface area (Å²) in [7, 11) is 0. The molecule has 1 unspecified atom stereocenters. The molecule has 110 valence electrons. The van der Waals surface area contributed by atoms with E-state index in [2.05, 4.69) is 22.8 Å². The van der Waals surface area contributed by atoms with Crippen molar-refractivity contribution in [2.45, 2.75) is 23.5 Å². The third kappa shape index (κ3) is 3.85. The van der Waals surface area contributed by atoms with Crippen molar-refractivity contribution in [1.29, 1.82) is 0 Å². The van der Waals surface area contributed by atoms with Gasteiger partial charge in [0.05, 0.1) is 10.6 Å². The van der Waals surface area contributed by atoms with Crippen molar-refractivity contribution in [3.8, 4) is 0 Å². The summed E-state index contributed by atoms with van der Waals surface area (Å²) in [4.78, 5) is 12.1. The Hall–Kier alpha value is -0.360. The highest BCUT2D eigenvalue weighted by Gasteiger charge is 2.22. The molecule has 2 aliphatic heterocycles. The lowest BCUT2D eigenvalue weighted by atomic mass is 10.2. The summed E-state index contributed by atoms with van der Waals surface area (Å²) in [6.45, 7) is 0.952. The predicted molar refractivity (Wildman–Crippen MR) is 91.0 cm³/mol. The average Bonchev–Trinajstić information content (AvgIpc) is 3.13. The van der Waals surface area contributed by atoms with Gasteiger partial charge in [-0.2, -0.15) is 0 Å². The highest BCUT2D eigenvalue weighted by Crippen LogP contribution is 2.45. The number of anilines is 1. The second-order valence-corrected chi connectivity index (χ2v) is 7.56. The average molecular weight is 331 g/mol. The number of thioether (sulfide) groups is 2. The molecule has 0 saturated carbocycles. The molecule has 1 aromatic carbocycles. The first-order valence-electron chi connectivity index (χ1n) is 6.70.